The summed E-state index contributed by atoms with van der Waals surface area (Å²) in [6.07, 6.45) is 0. The third kappa shape index (κ3) is 4.16. The van der Waals surface area contributed by atoms with Crippen molar-refractivity contribution in [2.24, 2.45) is 5.90 Å². The van der Waals surface area contributed by atoms with Gasteiger partial charge in [-0.25, -0.2) is 5.90 Å². The van der Waals surface area contributed by atoms with E-state index < -0.39 is 0 Å². The van der Waals surface area contributed by atoms with Crippen LogP contribution >= 0.6 is 12.4 Å². The second-order valence-electron chi connectivity index (χ2n) is 2.27. The van der Waals surface area contributed by atoms with Gasteiger partial charge < -0.3 is 5.21 Å². The van der Waals surface area contributed by atoms with E-state index in [9.17, 15) is 0 Å². The summed E-state index contributed by atoms with van der Waals surface area (Å²) >= 11 is 0. The molecule has 1 aromatic rings. The van der Waals surface area contributed by atoms with E-state index in [0.29, 0.717) is 6.54 Å². The summed E-state index contributed by atoms with van der Waals surface area (Å²) in [5.41, 5.74) is 3.50. The maximum Gasteiger partial charge on any atom is 0.110 e. The van der Waals surface area contributed by atoms with Crippen molar-refractivity contribution in [3.8, 4) is 0 Å². The monoisotopic (exact) mass is 205 g/mol. The Morgan fingerprint density at radius 3 is 2.77 bits per heavy atom. The van der Waals surface area contributed by atoms with E-state index in [4.69, 9.17) is 11.1 Å². The highest BCUT2D eigenvalue weighted by Gasteiger charge is 1.96. The summed E-state index contributed by atoms with van der Waals surface area (Å²) in [5.74, 6) is 4.88. The Hall–Kier alpha value is -0.720. The van der Waals surface area contributed by atoms with Crippen molar-refractivity contribution in [3.05, 3.63) is 29.6 Å². The number of nitrogens with one attached hydrogen (secondary N) is 1. The molecule has 6 heteroatoms. The van der Waals surface area contributed by atoms with E-state index >= 15 is 0 Å². The van der Waals surface area contributed by atoms with Crippen LogP contribution in [0.3, 0.4) is 0 Å². The highest BCUT2D eigenvalue weighted by molar-refractivity contribution is 5.85. The van der Waals surface area contributed by atoms with Gasteiger partial charge in [-0.15, -0.1) is 12.4 Å². The van der Waals surface area contributed by atoms with Gasteiger partial charge >= 0.3 is 0 Å². The van der Waals surface area contributed by atoms with Crippen molar-refractivity contribution < 1.29 is 10.0 Å². The molecule has 0 aliphatic rings. The molecule has 0 amide bonds. The van der Waals surface area contributed by atoms with Crippen LogP contribution in [0.5, 0.6) is 0 Å². The summed E-state index contributed by atoms with van der Waals surface area (Å²) in [6.45, 7) is 0.595. The summed E-state index contributed by atoms with van der Waals surface area (Å²) in [5, 5.41) is 8.39. The lowest BCUT2D eigenvalue weighted by molar-refractivity contribution is 0.120. The topological polar surface area (TPSA) is 80.4 Å². The number of rotatable bonds is 4. The first-order valence-corrected chi connectivity index (χ1v) is 3.50. The Labute approximate surface area is 82.2 Å². The molecule has 0 aromatic carbocycles. The maximum absolute atomic E-state index is 8.39. The number of hydrogen-bond acceptors (Lipinski definition) is 5. The molecule has 0 aliphatic carbocycles. The average Bonchev–Trinajstić information content (AvgIpc) is 2.06. The van der Waals surface area contributed by atoms with Crippen molar-refractivity contribution >= 4 is 12.4 Å². The molecule has 1 aromatic heterocycles. The highest BCUT2D eigenvalue weighted by Crippen LogP contribution is 1.99. The zero-order valence-corrected chi connectivity index (χ0v) is 7.75. The van der Waals surface area contributed by atoms with Crippen LogP contribution in [0.4, 0.5) is 0 Å². The number of hydrogen-bond donors (Lipinski definition) is 3. The molecule has 13 heavy (non-hydrogen) atoms. The summed E-state index contributed by atoms with van der Waals surface area (Å²) in [7, 11) is 0. The summed E-state index contributed by atoms with van der Waals surface area (Å²) in [6, 6.07) is 5.42. The van der Waals surface area contributed by atoms with E-state index in [-0.39, 0.29) is 19.0 Å². The molecular formula is C7H12ClN3O2. The SMILES string of the molecule is Cl.NOCc1cccc(CNO)n1. The van der Waals surface area contributed by atoms with E-state index in [1.165, 1.54) is 0 Å². The lowest BCUT2D eigenvalue weighted by atomic mass is 10.3. The average molecular weight is 206 g/mol. The van der Waals surface area contributed by atoms with Gasteiger partial charge in [0.15, 0.2) is 0 Å². The first kappa shape index (κ1) is 12.3. The quantitative estimate of drug-likeness (QED) is 0.619. The normalized spacial score (nSPS) is 9.38. The smallest absolute Gasteiger partial charge is 0.110 e. The highest BCUT2D eigenvalue weighted by atomic mass is 35.5. The third-order valence-corrected chi connectivity index (χ3v) is 1.36. The third-order valence-electron chi connectivity index (χ3n) is 1.36. The minimum Gasteiger partial charge on any atom is -0.316 e. The molecule has 0 aliphatic heterocycles. The van der Waals surface area contributed by atoms with Crippen molar-refractivity contribution in [2.75, 3.05) is 0 Å². The van der Waals surface area contributed by atoms with Gasteiger partial charge in [0.25, 0.3) is 0 Å². The van der Waals surface area contributed by atoms with E-state index in [0.717, 1.165) is 11.4 Å². The van der Waals surface area contributed by atoms with Gasteiger partial charge in [0.05, 0.1) is 17.9 Å². The molecule has 0 fully saturated rings. The lowest BCUT2D eigenvalue weighted by Crippen LogP contribution is -2.09. The molecule has 0 saturated heterocycles. The molecule has 1 heterocycles. The van der Waals surface area contributed by atoms with E-state index in [1.807, 2.05) is 11.5 Å². The maximum atomic E-state index is 8.39. The van der Waals surface area contributed by atoms with Crippen LogP contribution in [0.1, 0.15) is 11.4 Å². The van der Waals surface area contributed by atoms with Crippen LogP contribution in [0, 0.1) is 0 Å². The first-order valence-electron chi connectivity index (χ1n) is 3.50. The van der Waals surface area contributed by atoms with Gasteiger partial charge in [0.1, 0.15) is 6.61 Å². The Bertz CT molecular complexity index is 226. The largest absolute Gasteiger partial charge is 0.316 e. The number of aromatic nitrogens is 1. The van der Waals surface area contributed by atoms with Gasteiger partial charge in [-0.05, 0) is 12.1 Å². The second-order valence-corrected chi connectivity index (χ2v) is 2.27. The zero-order chi connectivity index (χ0) is 8.81. The number of halogens is 1. The fraction of sp³-hybridized carbons (Fsp3) is 0.286. The fourth-order valence-electron chi connectivity index (χ4n) is 0.874. The van der Waals surface area contributed by atoms with Gasteiger partial charge in [-0.1, -0.05) is 6.07 Å². The molecule has 0 bridgehead atoms. The van der Waals surface area contributed by atoms with Crippen molar-refractivity contribution in [1.82, 2.24) is 10.5 Å². The fourth-order valence-corrected chi connectivity index (χ4v) is 0.874. The van der Waals surface area contributed by atoms with Crippen molar-refractivity contribution in [2.45, 2.75) is 13.2 Å². The summed E-state index contributed by atoms with van der Waals surface area (Å²) < 4.78 is 0. The van der Waals surface area contributed by atoms with E-state index in [1.54, 1.807) is 12.1 Å². The van der Waals surface area contributed by atoms with Gasteiger partial charge in [-0.2, -0.15) is 5.48 Å². The standard InChI is InChI=1S/C7H11N3O2.ClH/c8-12-5-7-3-1-2-6(10-7)4-9-11;/h1-3,9,11H,4-5,8H2;1H. The van der Waals surface area contributed by atoms with Crippen LogP contribution < -0.4 is 11.4 Å². The predicted octanol–water partition coefficient (Wildman–Crippen LogP) is 0.372. The van der Waals surface area contributed by atoms with E-state index in [2.05, 4.69) is 9.82 Å². The molecule has 5 nitrogen and oxygen atoms in total. The Kier molecular flexibility index (Phi) is 6.38. The minimum absolute atomic E-state index is 0. The molecule has 1 rings (SSSR count). The minimum atomic E-state index is 0. The molecule has 0 radical (unpaired) electrons. The molecule has 0 saturated carbocycles. The Morgan fingerprint density at radius 1 is 1.46 bits per heavy atom. The van der Waals surface area contributed by atoms with Crippen LogP contribution in [-0.4, -0.2) is 10.2 Å². The summed E-state index contributed by atoms with van der Waals surface area (Å²) in [4.78, 5) is 8.54. The molecule has 0 atom stereocenters. The second kappa shape index (κ2) is 6.76. The van der Waals surface area contributed by atoms with Gasteiger partial charge in [0, 0.05) is 0 Å². The van der Waals surface area contributed by atoms with Crippen molar-refractivity contribution in [1.29, 1.82) is 0 Å². The molecule has 4 N–H and O–H groups in total. The van der Waals surface area contributed by atoms with Gasteiger partial charge in [-0.3, -0.25) is 9.82 Å². The number of nitrogens with zero attached hydrogens (tertiary/aromatic N) is 1. The molecule has 0 spiro atoms. The first-order chi connectivity index (χ1) is 5.86. The predicted molar refractivity (Wildman–Crippen MR) is 49.1 cm³/mol. The Balaban J connectivity index is 0.00000144. The van der Waals surface area contributed by atoms with Gasteiger partial charge in [0.2, 0.25) is 0 Å². The molecular weight excluding hydrogens is 194 g/mol. The number of nitrogens with two attached hydrogens (primary N) is 1. The Morgan fingerprint density at radius 2 is 2.15 bits per heavy atom. The van der Waals surface area contributed by atoms with Crippen LogP contribution in [0.15, 0.2) is 18.2 Å². The lowest BCUT2D eigenvalue weighted by Gasteiger charge is -2.01. The molecule has 74 valence electrons. The van der Waals surface area contributed by atoms with Crippen molar-refractivity contribution in [3.63, 3.8) is 0 Å². The zero-order valence-electron chi connectivity index (χ0n) is 6.93. The number of hydroxylamine groups is 1. The van der Waals surface area contributed by atoms with Crippen LogP contribution in [0.25, 0.3) is 0 Å². The molecule has 0 unspecified atom stereocenters. The van der Waals surface area contributed by atoms with Crippen LogP contribution in [0.2, 0.25) is 0 Å². The number of pyridine rings is 1. The van der Waals surface area contributed by atoms with Crippen LogP contribution in [-0.2, 0) is 18.0 Å².